The van der Waals surface area contributed by atoms with Crippen LogP contribution in [-0.4, -0.2) is 16.6 Å². The fraction of sp³-hybridized carbons (Fsp3) is 0.294. The van der Waals surface area contributed by atoms with E-state index < -0.39 is 0 Å². The average Bonchev–Trinajstić information content (AvgIpc) is 2.49. The molecule has 0 atom stereocenters. The highest BCUT2D eigenvalue weighted by atomic mass is 32.2. The van der Waals surface area contributed by atoms with Crippen molar-refractivity contribution in [3.63, 3.8) is 0 Å². The number of thioether (sulfide) groups is 1. The minimum Gasteiger partial charge on any atom is -0.325 e. The molecule has 0 saturated heterocycles. The molecule has 21 heavy (non-hydrogen) atoms. The highest BCUT2D eigenvalue weighted by molar-refractivity contribution is 7.99. The number of anilines is 1. The Balaban J connectivity index is 1.97. The molecule has 0 fully saturated rings. The van der Waals surface area contributed by atoms with Crippen LogP contribution in [-0.2, 0) is 11.2 Å². The molecule has 1 amide bonds. The number of carbonyl (C=O) groups excluding carboxylic acids is 1. The molecule has 1 aromatic carbocycles. The molecule has 0 radical (unpaired) electrons. The summed E-state index contributed by atoms with van der Waals surface area (Å²) in [7, 11) is 0. The molecule has 4 heteroatoms. The number of nitrogens with one attached hydrogen (secondary N) is 1. The van der Waals surface area contributed by atoms with E-state index in [0.717, 1.165) is 28.3 Å². The van der Waals surface area contributed by atoms with E-state index in [0.29, 0.717) is 5.75 Å². The fourth-order valence-electron chi connectivity index (χ4n) is 2.06. The number of aryl methyl sites for hydroxylation is 3. The second-order valence-electron chi connectivity index (χ2n) is 4.97. The van der Waals surface area contributed by atoms with Gasteiger partial charge in [0.25, 0.3) is 0 Å². The largest absolute Gasteiger partial charge is 0.325 e. The van der Waals surface area contributed by atoms with Gasteiger partial charge in [-0.15, -0.1) is 0 Å². The maximum absolute atomic E-state index is 12.1. The predicted molar refractivity (Wildman–Crippen MR) is 88.9 cm³/mol. The van der Waals surface area contributed by atoms with Crippen molar-refractivity contribution in [1.29, 1.82) is 0 Å². The molecule has 0 aliphatic heterocycles. The van der Waals surface area contributed by atoms with E-state index in [4.69, 9.17) is 0 Å². The van der Waals surface area contributed by atoms with Gasteiger partial charge in [-0.05, 0) is 43.0 Å². The number of aromatic nitrogens is 1. The molecule has 0 bridgehead atoms. The second kappa shape index (κ2) is 7.27. The molecule has 1 aromatic heterocycles. The van der Waals surface area contributed by atoms with Crippen molar-refractivity contribution in [2.75, 3.05) is 11.1 Å². The lowest BCUT2D eigenvalue weighted by atomic mass is 10.1. The molecule has 3 nitrogen and oxygen atoms in total. The van der Waals surface area contributed by atoms with E-state index >= 15 is 0 Å². The molecule has 0 spiro atoms. The number of amides is 1. The summed E-state index contributed by atoms with van der Waals surface area (Å²) >= 11 is 1.45. The minimum absolute atomic E-state index is 0.00590. The van der Waals surface area contributed by atoms with Crippen molar-refractivity contribution in [1.82, 2.24) is 4.98 Å². The number of hydrogen-bond acceptors (Lipinski definition) is 3. The lowest BCUT2D eigenvalue weighted by molar-refractivity contribution is -0.113. The van der Waals surface area contributed by atoms with Crippen LogP contribution in [0.4, 0.5) is 5.69 Å². The molecule has 2 rings (SSSR count). The Kier molecular flexibility index (Phi) is 5.39. The summed E-state index contributed by atoms with van der Waals surface area (Å²) in [5.74, 6) is 0.375. The van der Waals surface area contributed by atoms with Gasteiger partial charge in [0.1, 0.15) is 0 Å². The summed E-state index contributed by atoms with van der Waals surface area (Å²) < 4.78 is 0. The zero-order valence-electron chi connectivity index (χ0n) is 12.6. The number of hydrogen-bond donors (Lipinski definition) is 1. The van der Waals surface area contributed by atoms with Crippen LogP contribution in [0.25, 0.3) is 0 Å². The Morgan fingerprint density at radius 3 is 2.71 bits per heavy atom. The molecule has 1 N–H and O–H groups in total. The molecular weight excluding hydrogens is 280 g/mol. The third-order valence-corrected chi connectivity index (χ3v) is 4.18. The third-order valence-electron chi connectivity index (χ3n) is 3.24. The van der Waals surface area contributed by atoms with Crippen molar-refractivity contribution in [3.05, 3.63) is 53.2 Å². The van der Waals surface area contributed by atoms with Crippen LogP contribution in [0.5, 0.6) is 0 Å². The highest BCUT2D eigenvalue weighted by Gasteiger charge is 2.09. The van der Waals surface area contributed by atoms with E-state index in [1.807, 2.05) is 44.3 Å². The van der Waals surface area contributed by atoms with Gasteiger partial charge >= 0.3 is 0 Å². The topological polar surface area (TPSA) is 42.0 Å². The number of rotatable bonds is 5. The monoisotopic (exact) mass is 300 g/mol. The van der Waals surface area contributed by atoms with Gasteiger partial charge in [0.05, 0.1) is 10.8 Å². The third kappa shape index (κ3) is 4.33. The van der Waals surface area contributed by atoms with Gasteiger partial charge < -0.3 is 5.32 Å². The van der Waals surface area contributed by atoms with Gasteiger partial charge in [0.15, 0.2) is 0 Å². The SMILES string of the molecule is CCc1cccc(C)c1NC(=O)CSc1ccc(C)cn1. The van der Waals surface area contributed by atoms with Gasteiger partial charge in [-0.2, -0.15) is 0 Å². The van der Waals surface area contributed by atoms with Crippen LogP contribution in [0, 0.1) is 13.8 Å². The zero-order chi connectivity index (χ0) is 15.2. The van der Waals surface area contributed by atoms with Gasteiger partial charge in [0, 0.05) is 11.9 Å². The second-order valence-corrected chi connectivity index (χ2v) is 5.97. The van der Waals surface area contributed by atoms with E-state index in [1.54, 1.807) is 0 Å². The number of carbonyl (C=O) groups is 1. The van der Waals surface area contributed by atoms with Crippen LogP contribution in [0.2, 0.25) is 0 Å². The first-order chi connectivity index (χ1) is 10.1. The van der Waals surface area contributed by atoms with Crippen molar-refractivity contribution in [2.24, 2.45) is 0 Å². The summed E-state index contributed by atoms with van der Waals surface area (Å²) in [6.07, 6.45) is 2.72. The summed E-state index contributed by atoms with van der Waals surface area (Å²) in [6.45, 7) is 6.11. The lowest BCUT2D eigenvalue weighted by Gasteiger charge is -2.12. The van der Waals surface area contributed by atoms with Crippen molar-refractivity contribution >= 4 is 23.4 Å². The smallest absolute Gasteiger partial charge is 0.234 e. The Labute approximate surface area is 130 Å². The van der Waals surface area contributed by atoms with E-state index in [1.165, 1.54) is 17.3 Å². The molecule has 0 unspecified atom stereocenters. The van der Waals surface area contributed by atoms with Gasteiger partial charge in [-0.25, -0.2) is 4.98 Å². The van der Waals surface area contributed by atoms with Crippen molar-refractivity contribution < 1.29 is 4.79 Å². The van der Waals surface area contributed by atoms with Crippen LogP contribution >= 0.6 is 11.8 Å². The summed E-state index contributed by atoms with van der Waals surface area (Å²) in [5, 5.41) is 3.90. The van der Waals surface area contributed by atoms with Crippen molar-refractivity contribution in [2.45, 2.75) is 32.2 Å². The standard InChI is InChI=1S/C17H20N2OS/c1-4-14-7-5-6-13(3)17(14)19-15(20)11-21-16-9-8-12(2)10-18-16/h5-10H,4,11H2,1-3H3,(H,19,20). The summed E-state index contributed by atoms with van der Waals surface area (Å²) in [6, 6.07) is 10.0. The fourth-order valence-corrected chi connectivity index (χ4v) is 2.70. The van der Waals surface area contributed by atoms with Gasteiger partial charge in [-0.1, -0.05) is 43.0 Å². The van der Waals surface area contributed by atoms with E-state index in [-0.39, 0.29) is 5.91 Å². The predicted octanol–water partition coefficient (Wildman–Crippen LogP) is 3.99. The van der Waals surface area contributed by atoms with E-state index in [2.05, 4.69) is 23.3 Å². The Morgan fingerprint density at radius 1 is 1.24 bits per heavy atom. The Morgan fingerprint density at radius 2 is 2.05 bits per heavy atom. The first-order valence-corrected chi connectivity index (χ1v) is 8.02. The Bertz CT molecular complexity index is 623. The summed E-state index contributed by atoms with van der Waals surface area (Å²) in [4.78, 5) is 16.4. The zero-order valence-corrected chi connectivity index (χ0v) is 13.5. The van der Waals surface area contributed by atoms with Crippen LogP contribution in [0.3, 0.4) is 0 Å². The summed E-state index contributed by atoms with van der Waals surface area (Å²) in [5.41, 5.74) is 4.33. The van der Waals surface area contributed by atoms with Crippen LogP contribution in [0.1, 0.15) is 23.6 Å². The van der Waals surface area contributed by atoms with E-state index in [9.17, 15) is 4.79 Å². The normalized spacial score (nSPS) is 10.4. The maximum Gasteiger partial charge on any atom is 0.234 e. The van der Waals surface area contributed by atoms with Gasteiger partial charge in [-0.3, -0.25) is 4.79 Å². The highest BCUT2D eigenvalue weighted by Crippen LogP contribution is 2.22. The van der Waals surface area contributed by atoms with Crippen LogP contribution < -0.4 is 5.32 Å². The first kappa shape index (κ1) is 15.6. The number of pyridine rings is 1. The molecular formula is C17H20N2OS. The number of benzene rings is 1. The number of nitrogens with zero attached hydrogens (tertiary/aromatic N) is 1. The van der Waals surface area contributed by atoms with Gasteiger partial charge in [0.2, 0.25) is 5.91 Å². The van der Waals surface area contributed by atoms with Crippen molar-refractivity contribution in [3.8, 4) is 0 Å². The minimum atomic E-state index is 0.00590. The average molecular weight is 300 g/mol. The Hall–Kier alpha value is -1.81. The molecule has 0 aliphatic carbocycles. The lowest BCUT2D eigenvalue weighted by Crippen LogP contribution is -2.16. The van der Waals surface area contributed by atoms with Crippen LogP contribution in [0.15, 0.2) is 41.6 Å². The molecule has 2 aromatic rings. The quantitative estimate of drug-likeness (QED) is 0.849. The molecule has 0 aliphatic rings. The molecule has 1 heterocycles. The maximum atomic E-state index is 12.1. The molecule has 0 saturated carbocycles. The number of para-hydroxylation sites is 1. The molecule has 110 valence electrons. The first-order valence-electron chi connectivity index (χ1n) is 7.04.